The number of hydrogen-bond acceptors (Lipinski definition) is 3. The van der Waals surface area contributed by atoms with E-state index in [1.54, 1.807) is 12.3 Å². The second-order valence-electron chi connectivity index (χ2n) is 3.60. The van der Waals surface area contributed by atoms with Gasteiger partial charge in [-0.2, -0.15) is 0 Å². The lowest BCUT2D eigenvalue weighted by atomic mass is 10.1. The lowest BCUT2D eigenvalue weighted by molar-refractivity contribution is 0.943. The first-order valence-corrected chi connectivity index (χ1v) is 5.52. The van der Waals surface area contributed by atoms with Crippen LogP contribution in [0.25, 0.3) is 11.3 Å². The summed E-state index contributed by atoms with van der Waals surface area (Å²) in [5, 5.41) is 0.475. The van der Waals surface area contributed by atoms with E-state index in [-0.39, 0.29) is 0 Å². The van der Waals surface area contributed by atoms with E-state index in [0.717, 1.165) is 29.1 Å². The number of halogens is 1. The molecule has 3 nitrogen and oxygen atoms in total. The molecule has 0 aliphatic rings. The molecule has 0 aliphatic heterocycles. The van der Waals surface area contributed by atoms with Crippen molar-refractivity contribution in [3.05, 3.63) is 41.1 Å². The highest BCUT2D eigenvalue weighted by Crippen LogP contribution is 2.20. The molecule has 0 aromatic carbocycles. The van der Waals surface area contributed by atoms with Crippen molar-refractivity contribution in [2.24, 2.45) is 0 Å². The largest absolute Gasteiger partial charge is 0.264 e. The van der Waals surface area contributed by atoms with Crippen LogP contribution in [0.2, 0.25) is 5.15 Å². The number of aromatic nitrogens is 3. The summed E-state index contributed by atoms with van der Waals surface area (Å²) in [7, 11) is 0. The monoisotopic (exact) mass is 233 g/mol. The van der Waals surface area contributed by atoms with E-state index in [1.807, 2.05) is 26.1 Å². The SMILES string of the molecule is CCc1nc(Cl)cc(-c2cncc(C)c2)n1. The maximum atomic E-state index is 5.95. The maximum absolute atomic E-state index is 5.95. The Morgan fingerprint density at radius 1 is 1.19 bits per heavy atom. The van der Waals surface area contributed by atoms with Crippen molar-refractivity contribution in [3.8, 4) is 11.3 Å². The van der Waals surface area contributed by atoms with Gasteiger partial charge < -0.3 is 0 Å². The highest BCUT2D eigenvalue weighted by atomic mass is 35.5. The van der Waals surface area contributed by atoms with Crippen molar-refractivity contribution in [1.29, 1.82) is 0 Å². The molecule has 2 heterocycles. The molecule has 0 atom stereocenters. The topological polar surface area (TPSA) is 38.7 Å². The summed E-state index contributed by atoms with van der Waals surface area (Å²) in [6, 6.07) is 3.79. The fourth-order valence-electron chi connectivity index (χ4n) is 1.47. The standard InChI is InChI=1S/C12H12ClN3/c1-3-12-15-10(5-11(13)16-12)9-4-8(2)6-14-7-9/h4-7H,3H2,1-2H3. The van der Waals surface area contributed by atoms with Crippen molar-refractivity contribution < 1.29 is 0 Å². The smallest absolute Gasteiger partial charge is 0.133 e. The van der Waals surface area contributed by atoms with Crippen LogP contribution >= 0.6 is 11.6 Å². The average molecular weight is 234 g/mol. The zero-order chi connectivity index (χ0) is 11.5. The molecular weight excluding hydrogens is 222 g/mol. The molecule has 16 heavy (non-hydrogen) atoms. The number of pyridine rings is 1. The van der Waals surface area contributed by atoms with Crippen LogP contribution in [-0.2, 0) is 6.42 Å². The zero-order valence-corrected chi connectivity index (χ0v) is 9.99. The number of hydrogen-bond donors (Lipinski definition) is 0. The molecule has 0 saturated heterocycles. The van der Waals surface area contributed by atoms with Crippen molar-refractivity contribution >= 4 is 11.6 Å². The fourth-order valence-corrected chi connectivity index (χ4v) is 1.67. The van der Waals surface area contributed by atoms with Gasteiger partial charge in [-0.05, 0) is 18.6 Å². The Morgan fingerprint density at radius 2 is 2.00 bits per heavy atom. The Hall–Kier alpha value is -1.48. The van der Waals surface area contributed by atoms with Crippen molar-refractivity contribution in [3.63, 3.8) is 0 Å². The van der Waals surface area contributed by atoms with E-state index in [0.29, 0.717) is 5.15 Å². The fraction of sp³-hybridized carbons (Fsp3) is 0.250. The average Bonchev–Trinajstić information content (AvgIpc) is 2.28. The molecule has 0 N–H and O–H groups in total. The van der Waals surface area contributed by atoms with E-state index in [2.05, 4.69) is 15.0 Å². The van der Waals surface area contributed by atoms with Gasteiger partial charge in [0.2, 0.25) is 0 Å². The predicted molar refractivity (Wildman–Crippen MR) is 64.4 cm³/mol. The summed E-state index contributed by atoms with van der Waals surface area (Å²) in [5.74, 6) is 0.754. The minimum Gasteiger partial charge on any atom is -0.264 e. The van der Waals surface area contributed by atoms with Gasteiger partial charge in [0.1, 0.15) is 11.0 Å². The number of aryl methyl sites for hydroxylation is 2. The predicted octanol–water partition coefficient (Wildman–Crippen LogP) is 3.06. The van der Waals surface area contributed by atoms with E-state index < -0.39 is 0 Å². The molecule has 0 radical (unpaired) electrons. The molecule has 2 rings (SSSR count). The van der Waals surface area contributed by atoms with Gasteiger partial charge in [0.15, 0.2) is 0 Å². The van der Waals surface area contributed by atoms with E-state index >= 15 is 0 Å². The second kappa shape index (κ2) is 4.58. The summed E-state index contributed by atoms with van der Waals surface area (Å²) >= 11 is 5.95. The number of rotatable bonds is 2. The Labute approximate surface area is 99.5 Å². The molecule has 4 heteroatoms. The highest BCUT2D eigenvalue weighted by Gasteiger charge is 2.04. The number of nitrogens with zero attached hydrogens (tertiary/aromatic N) is 3. The first-order valence-electron chi connectivity index (χ1n) is 5.14. The summed E-state index contributed by atoms with van der Waals surface area (Å²) in [6.07, 6.45) is 4.37. The van der Waals surface area contributed by atoms with Crippen LogP contribution in [0.5, 0.6) is 0 Å². The van der Waals surface area contributed by atoms with Gasteiger partial charge in [-0.25, -0.2) is 9.97 Å². The van der Waals surface area contributed by atoms with Crippen molar-refractivity contribution in [1.82, 2.24) is 15.0 Å². The zero-order valence-electron chi connectivity index (χ0n) is 9.24. The van der Waals surface area contributed by atoms with Crippen LogP contribution < -0.4 is 0 Å². The van der Waals surface area contributed by atoms with Crippen LogP contribution in [0.1, 0.15) is 18.3 Å². The van der Waals surface area contributed by atoms with Gasteiger partial charge in [-0.3, -0.25) is 4.98 Å². The maximum Gasteiger partial charge on any atom is 0.133 e. The van der Waals surface area contributed by atoms with E-state index in [9.17, 15) is 0 Å². The minimum absolute atomic E-state index is 0.475. The Balaban J connectivity index is 2.51. The third-order valence-electron chi connectivity index (χ3n) is 2.23. The van der Waals surface area contributed by atoms with Gasteiger partial charge >= 0.3 is 0 Å². The molecular formula is C12H12ClN3. The molecule has 0 amide bonds. The van der Waals surface area contributed by atoms with Crippen LogP contribution in [-0.4, -0.2) is 15.0 Å². The Morgan fingerprint density at radius 3 is 2.69 bits per heavy atom. The van der Waals surface area contributed by atoms with Crippen LogP contribution in [0.15, 0.2) is 24.5 Å². The van der Waals surface area contributed by atoms with Gasteiger partial charge in [0, 0.05) is 30.4 Å². The molecule has 82 valence electrons. The van der Waals surface area contributed by atoms with E-state index in [1.165, 1.54) is 0 Å². The third kappa shape index (κ3) is 2.36. The minimum atomic E-state index is 0.475. The summed E-state index contributed by atoms with van der Waals surface area (Å²) in [4.78, 5) is 12.7. The molecule has 0 saturated carbocycles. The van der Waals surface area contributed by atoms with E-state index in [4.69, 9.17) is 11.6 Å². The highest BCUT2D eigenvalue weighted by molar-refractivity contribution is 6.29. The molecule has 2 aromatic rings. The van der Waals surface area contributed by atoms with Crippen molar-refractivity contribution in [2.45, 2.75) is 20.3 Å². The molecule has 0 fully saturated rings. The van der Waals surface area contributed by atoms with Crippen molar-refractivity contribution in [2.75, 3.05) is 0 Å². The van der Waals surface area contributed by atoms with Gasteiger partial charge in [0.25, 0.3) is 0 Å². The summed E-state index contributed by atoms with van der Waals surface area (Å²) in [6.45, 7) is 4.00. The molecule has 0 unspecified atom stereocenters. The molecule has 0 spiro atoms. The molecule has 0 aliphatic carbocycles. The van der Waals surface area contributed by atoms with Gasteiger partial charge in [0.05, 0.1) is 5.69 Å². The first-order chi connectivity index (χ1) is 7.69. The quantitative estimate of drug-likeness (QED) is 0.749. The van der Waals surface area contributed by atoms with Gasteiger partial charge in [-0.1, -0.05) is 18.5 Å². The Kier molecular flexibility index (Phi) is 3.15. The molecule has 0 bridgehead atoms. The van der Waals surface area contributed by atoms with Crippen LogP contribution in [0, 0.1) is 6.92 Å². The Bertz CT molecular complexity index is 511. The second-order valence-corrected chi connectivity index (χ2v) is 3.98. The third-order valence-corrected chi connectivity index (χ3v) is 2.42. The van der Waals surface area contributed by atoms with Gasteiger partial charge in [-0.15, -0.1) is 0 Å². The summed E-state index contributed by atoms with van der Waals surface area (Å²) < 4.78 is 0. The molecule has 2 aromatic heterocycles. The van der Waals surface area contributed by atoms with Crippen LogP contribution in [0.3, 0.4) is 0 Å². The first kappa shape index (κ1) is 11.0. The van der Waals surface area contributed by atoms with Crippen LogP contribution in [0.4, 0.5) is 0 Å². The lowest BCUT2D eigenvalue weighted by Crippen LogP contribution is -1.96. The lowest BCUT2D eigenvalue weighted by Gasteiger charge is -2.04. The summed E-state index contributed by atoms with van der Waals surface area (Å²) in [5.41, 5.74) is 2.90. The normalized spacial score (nSPS) is 10.4.